The van der Waals surface area contributed by atoms with E-state index in [0.717, 1.165) is 4.57 Å². The van der Waals surface area contributed by atoms with Crippen molar-refractivity contribution in [1.82, 2.24) is 29.5 Å². The van der Waals surface area contributed by atoms with E-state index in [0.29, 0.717) is 29.1 Å². The first-order valence-corrected chi connectivity index (χ1v) is 9.95. The van der Waals surface area contributed by atoms with Crippen LogP contribution in [0.3, 0.4) is 0 Å². The lowest BCUT2D eigenvalue weighted by atomic mass is 10.2. The number of aliphatic hydroxyl groups is 1. The Balaban J connectivity index is 2.15. The van der Waals surface area contributed by atoms with E-state index in [-0.39, 0.29) is 18.1 Å². The highest BCUT2D eigenvalue weighted by Gasteiger charge is 2.39. The topological polar surface area (TPSA) is 140 Å². The molecule has 0 aliphatic heterocycles. The number of aromatic nitrogens is 6. The van der Waals surface area contributed by atoms with Crippen LogP contribution < -0.4 is 15.7 Å². The number of H-pyrrole nitrogens is 1. The third-order valence-electron chi connectivity index (χ3n) is 4.88. The number of aromatic amines is 1. The van der Waals surface area contributed by atoms with Crippen LogP contribution in [-0.2, 0) is 13.2 Å². The molecule has 34 heavy (non-hydrogen) atoms. The van der Waals surface area contributed by atoms with Crippen molar-refractivity contribution in [3.05, 3.63) is 45.1 Å². The lowest BCUT2D eigenvalue weighted by Crippen LogP contribution is -2.33. The number of pyridine rings is 1. The number of carbonyl (C=O) groups is 1. The Morgan fingerprint density at radius 1 is 1.35 bits per heavy atom. The zero-order valence-corrected chi connectivity index (χ0v) is 18.5. The minimum Gasteiger partial charge on any atom is -0.464 e. The number of aliphatic hydroxyl groups excluding tert-OH is 1. The largest absolute Gasteiger partial charge is 0.464 e. The number of alkyl halides is 3. The average molecular weight is 487 g/mol. The third kappa shape index (κ3) is 4.64. The SMILES string of the molecule is CCn1c(CO)nn(-c2nc(O[C@@H](C)C(F)(F)F)c(C(=O)Nc3c(C)n[nH]c3C)cc2F)c1=O. The Morgan fingerprint density at radius 3 is 2.53 bits per heavy atom. The number of amides is 1. The molecule has 184 valence electrons. The number of carbonyl (C=O) groups excluding carboxylic acids is 1. The predicted molar refractivity (Wildman–Crippen MR) is 109 cm³/mol. The van der Waals surface area contributed by atoms with Gasteiger partial charge in [-0.1, -0.05) is 0 Å². The van der Waals surface area contributed by atoms with Gasteiger partial charge in [0.2, 0.25) is 5.88 Å². The van der Waals surface area contributed by atoms with Gasteiger partial charge in [0.05, 0.1) is 17.1 Å². The van der Waals surface area contributed by atoms with Crippen molar-refractivity contribution >= 4 is 11.6 Å². The molecule has 0 saturated carbocycles. The summed E-state index contributed by atoms with van der Waals surface area (Å²) in [4.78, 5) is 29.1. The molecule has 0 radical (unpaired) electrons. The van der Waals surface area contributed by atoms with Crippen molar-refractivity contribution in [2.75, 3.05) is 5.32 Å². The summed E-state index contributed by atoms with van der Waals surface area (Å²) < 4.78 is 60.8. The molecule has 0 saturated heterocycles. The summed E-state index contributed by atoms with van der Waals surface area (Å²) in [5.41, 5.74) is -0.461. The van der Waals surface area contributed by atoms with Crippen molar-refractivity contribution in [3.8, 4) is 11.7 Å². The number of rotatable bonds is 7. The molecule has 1 amide bonds. The van der Waals surface area contributed by atoms with Gasteiger partial charge in [0, 0.05) is 6.54 Å². The first-order chi connectivity index (χ1) is 15.9. The molecule has 0 unspecified atom stereocenters. The van der Waals surface area contributed by atoms with Crippen LogP contribution in [0.2, 0.25) is 0 Å². The monoisotopic (exact) mass is 487 g/mol. The van der Waals surface area contributed by atoms with Crippen molar-refractivity contribution < 1.29 is 32.2 Å². The van der Waals surface area contributed by atoms with Crippen molar-refractivity contribution in [1.29, 1.82) is 0 Å². The fourth-order valence-corrected chi connectivity index (χ4v) is 3.02. The molecule has 3 aromatic rings. The van der Waals surface area contributed by atoms with Crippen LogP contribution in [0.1, 0.15) is 41.4 Å². The maximum atomic E-state index is 15.0. The van der Waals surface area contributed by atoms with Gasteiger partial charge in [-0.25, -0.2) is 9.18 Å². The van der Waals surface area contributed by atoms with Gasteiger partial charge in [-0.2, -0.15) is 27.9 Å². The van der Waals surface area contributed by atoms with Crippen LogP contribution >= 0.6 is 0 Å². The maximum absolute atomic E-state index is 15.0. The quantitative estimate of drug-likeness (QED) is 0.433. The summed E-state index contributed by atoms with van der Waals surface area (Å²) >= 11 is 0. The second-order valence-corrected chi connectivity index (χ2v) is 7.22. The number of anilines is 1. The van der Waals surface area contributed by atoms with Gasteiger partial charge in [-0.05, 0) is 33.8 Å². The van der Waals surface area contributed by atoms with Crippen LogP contribution in [0.5, 0.6) is 5.88 Å². The Labute approximate surface area is 189 Å². The van der Waals surface area contributed by atoms with E-state index < -0.39 is 53.6 Å². The minimum absolute atomic E-state index is 0.0781. The van der Waals surface area contributed by atoms with E-state index in [2.05, 4.69) is 25.6 Å². The number of nitrogens with one attached hydrogen (secondary N) is 2. The summed E-state index contributed by atoms with van der Waals surface area (Å²) in [6, 6.07) is 0.594. The standard InChI is InChI=1S/C19H21F4N7O4/c1-5-29-13(7-31)28-30(18(29)33)15-12(20)6-11(17(25-15)34-10(4)19(21,22)23)16(32)24-14-8(2)26-27-9(14)3/h6,10,31H,5,7H2,1-4H3,(H,24,32)(H,26,27)/t10-/m0/s1. The molecule has 15 heteroatoms. The van der Waals surface area contributed by atoms with Crippen LogP contribution in [0.4, 0.5) is 23.2 Å². The zero-order valence-electron chi connectivity index (χ0n) is 18.5. The van der Waals surface area contributed by atoms with Gasteiger partial charge < -0.3 is 15.2 Å². The molecule has 0 bridgehead atoms. The highest BCUT2D eigenvalue weighted by Crippen LogP contribution is 2.29. The number of nitrogens with zero attached hydrogens (tertiary/aromatic N) is 5. The van der Waals surface area contributed by atoms with Gasteiger partial charge in [0.1, 0.15) is 12.2 Å². The van der Waals surface area contributed by atoms with Gasteiger partial charge in [-0.3, -0.25) is 14.5 Å². The molecule has 3 heterocycles. The number of hydrogen-bond donors (Lipinski definition) is 3. The number of halogens is 4. The van der Waals surface area contributed by atoms with E-state index >= 15 is 4.39 Å². The Bertz CT molecular complexity index is 1260. The highest BCUT2D eigenvalue weighted by molar-refractivity contribution is 6.06. The smallest absolute Gasteiger partial charge is 0.425 e. The Morgan fingerprint density at radius 2 is 2.03 bits per heavy atom. The van der Waals surface area contributed by atoms with Crippen LogP contribution in [0.15, 0.2) is 10.9 Å². The number of ether oxygens (including phenoxy) is 1. The van der Waals surface area contributed by atoms with Crippen molar-refractivity contribution in [3.63, 3.8) is 0 Å². The number of aryl methyl sites for hydroxylation is 2. The molecule has 0 aliphatic rings. The molecule has 1 atom stereocenters. The molecule has 3 aromatic heterocycles. The predicted octanol–water partition coefficient (Wildman–Crippen LogP) is 2.00. The minimum atomic E-state index is -4.83. The second-order valence-electron chi connectivity index (χ2n) is 7.22. The van der Waals surface area contributed by atoms with E-state index in [1.165, 1.54) is 0 Å². The highest BCUT2D eigenvalue weighted by atomic mass is 19.4. The number of hydrogen-bond acceptors (Lipinski definition) is 7. The molecule has 0 aliphatic carbocycles. The molecule has 0 fully saturated rings. The van der Waals surface area contributed by atoms with Gasteiger partial charge >= 0.3 is 11.9 Å². The lowest BCUT2D eigenvalue weighted by molar-refractivity contribution is -0.190. The van der Waals surface area contributed by atoms with Gasteiger partial charge in [-0.15, -0.1) is 5.10 Å². The van der Waals surface area contributed by atoms with Crippen LogP contribution in [0.25, 0.3) is 5.82 Å². The molecule has 0 spiro atoms. The first kappa shape index (κ1) is 24.9. The summed E-state index contributed by atoms with van der Waals surface area (Å²) in [5, 5.41) is 22.1. The molecular formula is C19H21F4N7O4. The molecule has 0 aromatic carbocycles. The third-order valence-corrected chi connectivity index (χ3v) is 4.88. The Kier molecular flexibility index (Phi) is 6.77. The van der Waals surface area contributed by atoms with E-state index in [4.69, 9.17) is 4.74 Å². The van der Waals surface area contributed by atoms with Gasteiger partial charge in [0.25, 0.3) is 5.91 Å². The van der Waals surface area contributed by atoms with E-state index in [1.807, 2.05) is 0 Å². The van der Waals surface area contributed by atoms with Crippen molar-refractivity contribution in [2.24, 2.45) is 0 Å². The fraction of sp³-hybridized carbons (Fsp3) is 0.421. The maximum Gasteiger partial charge on any atom is 0.425 e. The summed E-state index contributed by atoms with van der Waals surface area (Å²) in [7, 11) is 0. The van der Waals surface area contributed by atoms with Crippen molar-refractivity contribution in [2.45, 2.75) is 53.1 Å². The summed E-state index contributed by atoms with van der Waals surface area (Å²) in [6.45, 7) is 4.84. The molecule has 11 nitrogen and oxygen atoms in total. The van der Waals surface area contributed by atoms with Crippen LogP contribution in [-0.4, -0.2) is 52.8 Å². The average Bonchev–Trinajstić information content (AvgIpc) is 3.26. The van der Waals surface area contributed by atoms with E-state index in [1.54, 1.807) is 20.8 Å². The first-order valence-electron chi connectivity index (χ1n) is 9.95. The zero-order chi connectivity index (χ0) is 25.4. The fourth-order valence-electron chi connectivity index (χ4n) is 3.02. The van der Waals surface area contributed by atoms with E-state index in [9.17, 15) is 27.9 Å². The lowest BCUT2D eigenvalue weighted by Gasteiger charge is -2.19. The van der Waals surface area contributed by atoms with Crippen LogP contribution in [0, 0.1) is 19.7 Å². The summed E-state index contributed by atoms with van der Waals surface area (Å²) in [5.74, 6) is -4.04. The normalized spacial score (nSPS) is 12.6. The molecule has 3 N–H and O–H groups in total. The van der Waals surface area contributed by atoms with Gasteiger partial charge in [0.15, 0.2) is 23.6 Å². The Hall–Kier alpha value is -3.75. The summed E-state index contributed by atoms with van der Waals surface area (Å²) in [6.07, 6.45) is -7.24. The molecule has 3 rings (SSSR count). The second kappa shape index (κ2) is 9.24. The molecular weight excluding hydrogens is 466 g/mol.